The summed E-state index contributed by atoms with van der Waals surface area (Å²) >= 11 is 4.69. The van der Waals surface area contributed by atoms with Gasteiger partial charge in [-0.1, -0.05) is 58.1 Å². The second kappa shape index (κ2) is 11.9. The summed E-state index contributed by atoms with van der Waals surface area (Å²) in [4.78, 5) is 11.1. The van der Waals surface area contributed by atoms with Crippen molar-refractivity contribution in [1.29, 1.82) is 0 Å². The Kier molecular flexibility index (Phi) is 11.7. The highest BCUT2D eigenvalue weighted by molar-refractivity contribution is 7.80. The van der Waals surface area contributed by atoms with Gasteiger partial charge < -0.3 is 4.74 Å². The second-order valence-corrected chi connectivity index (χ2v) is 4.20. The van der Waals surface area contributed by atoms with E-state index < -0.39 is 0 Å². The first-order chi connectivity index (χ1) is 7.31. The number of unbranched alkanes of at least 4 members (excludes halogenated alkanes) is 6. The zero-order chi connectivity index (χ0) is 11.4. The highest BCUT2D eigenvalue weighted by Gasteiger charge is 2.01. The van der Waals surface area contributed by atoms with E-state index in [1.807, 2.05) is 0 Å². The molecule has 0 atom stereocenters. The Hall–Kier alpha value is -0.180. The first-order valence-electron chi connectivity index (χ1n) is 6.05. The highest BCUT2D eigenvalue weighted by Crippen LogP contribution is 2.08. The van der Waals surface area contributed by atoms with Gasteiger partial charge in [0.25, 0.3) is 0 Å². The average Bonchev–Trinajstić information content (AvgIpc) is 2.25. The lowest BCUT2D eigenvalue weighted by molar-refractivity contribution is -0.143. The molecule has 0 spiro atoms. The maximum absolute atomic E-state index is 11.1. The van der Waals surface area contributed by atoms with Crippen LogP contribution in [0.25, 0.3) is 0 Å². The number of ether oxygens (including phenoxy) is 1. The Morgan fingerprint density at radius 2 is 1.67 bits per heavy atom. The molecule has 1 radical (unpaired) electrons. The van der Waals surface area contributed by atoms with Crippen molar-refractivity contribution in [2.75, 3.05) is 12.4 Å². The van der Waals surface area contributed by atoms with Gasteiger partial charge in [-0.3, -0.25) is 4.79 Å². The van der Waals surface area contributed by atoms with Gasteiger partial charge in [-0.15, -0.1) is 0 Å². The molecule has 3 heteroatoms. The predicted octanol–water partition coefficient (Wildman–Crippen LogP) is 3.87. The Morgan fingerprint density at radius 1 is 1.07 bits per heavy atom. The number of rotatable bonds is 10. The van der Waals surface area contributed by atoms with Crippen molar-refractivity contribution in [3.8, 4) is 0 Å². The van der Waals surface area contributed by atoms with E-state index in [0.717, 1.165) is 12.8 Å². The van der Waals surface area contributed by atoms with Gasteiger partial charge in [0.1, 0.15) is 6.61 Å². The molecule has 0 fully saturated rings. The number of carbonyl (C=O) groups excluding carboxylic acids is 1. The maximum Gasteiger partial charge on any atom is 0.305 e. The molecular weight excluding hydrogens is 208 g/mol. The van der Waals surface area contributed by atoms with Crippen molar-refractivity contribution < 1.29 is 9.53 Å². The van der Waals surface area contributed by atoms with Crippen LogP contribution in [-0.4, -0.2) is 18.3 Å². The van der Waals surface area contributed by atoms with Crippen molar-refractivity contribution in [3.63, 3.8) is 0 Å². The third-order valence-corrected chi connectivity index (χ3v) is 2.50. The van der Waals surface area contributed by atoms with Gasteiger partial charge in [-0.25, -0.2) is 0 Å². The number of hydrogen-bond acceptors (Lipinski definition) is 2. The van der Waals surface area contributed by atoms with E-state index in [1.54, 1.807) is 0 Å². The largest absolute Gasteiger partial charge is 0.465 e. The third kappa shape index (κ3) is 11.7. The van der Waals surface area contributed by atoms with Crippen molar-refractivity contribution in [1.82, 2.24) is 0 Å². The van der Waals surface area contributed by atoms with Gasteiger partial charge in [0.2, 0.25) is 0 Å². The number of esters is 1. The lowest BCUT2D eigenvalue weighted by Crippen LogP contribution is -2.06. The van der Waals surface area contributed by atoms with Crippen LogP contribution in [0.5, 0.6) is 0 Å². The van der Waals surface area contributed by atoms with Crippen molar-refractivity contribution in [2.24, 2.45) is 0 Å². The summed E-state index contributed by atoms with van der Waals surface area (Å²) in [5.41, 5.74) is 0. The fourth-order valence-electron chi connectivity index (χ4n) is 1.45. The Bertz CT molecular complexity index is 149. The lowest BCUT2D eigenvalue weighted by Gasteiger charge is -2.02. The van der Waals surface area contributed by atoms with Crippen LogP contribution >= 0.6 is 12.6 Å². The maximum atomic E-state index is 11.1. The van der Waals surface area contributed by atoms with Crippen LogP contribution in [0.4, 0.5) is 0 Å². The fourth-order valence-corrected chi connectivity index (χ4v) is 1.54. The SMILES string of the molecule is CCCCCCCCCC(=O)OCC[S]. The minimum atomic E-state index is -0.0894. The molecule has 0 aromatic carbocycles. The van der Waals surface area contributed by atoms with Crippen LogP contribution in [-0.2, 0) is 9.53 Å². The van der Waals surface area contributed by atoms with Crippen LogP contribution in [0.1, 0.15) is 58.3 Å². The van der Waals surface area contributed by atoms with Gasteiger partial charge >= 0.3 is 5.97 Å². The monoisotopic (exact) mass is 231 g/mol. The minimum Gasteiger partial charge on any atom is -0.465 e. The first-order valence-corrected chi connectivity index (χ1v) is 6.62. The molecule has 0 rings (SSSR count). The molecule has 0 aromatic rings. The van der Waals surface area contributed by atoms with E-state index in [2.05, 4.69) is 19.6 Å². The molecule has 0 heterocycles. The number of hydrogen-bond donors (Lipinski definition) is 0. The standard InChI is InChI=1S/C12H23O2S/c1-2-3-4-5-6-7-8-9-12(13)14-10-11-15/h2-11H2,1H3. The Balaban J connectivity index is 3.06. The lowest BCUT2D eigenvalue weighted by atomic mass is 10.1. The summed E-state index contributed by atoms with van der Waals surface area (Å²) in [6.45, 7) is 2.61. The molecule has 15 heavy (non-hydrogen) atoms. The summed E-state index contributed by atoms with van der Waals surface area (Å²) in [7, 11) is 0. The van der Waals surface area contributed by atoms with Crippen LogP contribution in [0, 0.1) is 0 Å². The van der Waals surface area contributed by atoms with Gasteiger partial charge in [-0.05, 0) is 6.42 Å². The van der Waals surface area contributed by atoms with E-state index in [-0.39, 0.29) is 5.97 Å². The summed E-state index contributed by atoms with van der Waals surface area (Å²) < 4.78 is 4.89. The van der Waals surface area contributed by atoms with Gasteiger partial charge in [0, 0.05) is 12.2 Å². The normalized spacial score (nSPS) is 10.3. The average molecular weight is 231 g/mol. The quantitative estimate of drug-likeness (QED) is 0.421. The minimum absolute atomic E-state index is 0.0894. The molecule has 89 valence electrons. The van der Waals surface area contributed by atoms with E-state index in [4.69, 9.17) is 4.74 Å². The molecule has 0 bridgehead atoms. The zero-order valence-corrected chi connectivity index (χ0v) is 10.6. The van der Waals surface area contributed by atoms with Crippen LogP contribution in [0.3, 0.4) is 0 Å². The fraction of sp³-hybridized carbons (Fsp3) is 0.917. The molecule has 0 saturated carbocycles. The Morgan fingerprint density at radius 3 is 2.27 bits per heavy atom. The molecule has 0 N–H and O–H groups in total. The van der Waals surface area contributed by atoms with Gasteiger partial charge in [0.05, 0.1) is 0 Å². The van der Waals surface area contributed by atoms with Crippen LogP contribution in [0.15, 0.2) is 0 Å². The van der Waals surface area contributed by atoms with E-state index in [1.165, 1.54) is 32.1 Å². The second-order valence-electron chi connectivity index (χ2n) is 3.80. The van der Waals surface area contributed by atoms with Crippen LogP contribution in [0.2, 0.25) is 0 Å². The van der Waals surface area contributed by atoms with Gasteiger partial charge in [-0.2, -0.15) is 0 Å². The Labute approximate surface area is 99.2 Å². The molecule has 0 saturated heterocycles. The van der Waals surface area contributed by atoms with Crippen molar-refractivity contribution >= 4 is 18.6 Å². The summed E-state index contributed by atoms with van der Waals surface area (Å²) in [6, 6.07) is 0. The van der Waals surface area contributed by atoms with E-state index >= 15 is 0 Å². The zero-order valence-electron chi connectivity index (χ0n) is 9.80. The number of carbonyl (C=O) groups is 1. The third-order valence-electron chi connectivity index (χ3n) is 2.33. The van der Waals surface area contributed by atoms with Crippen molar-refractivity contribution in [2.45, 2.75) is 58.3 Å². The first kappa shape index (κ1) is 14.8. The molecule has 0 aliphatic heterocycles. The molecule has 0 unspecified atom stereocenters. The molecule has 0 amide bonds. The van der Waals surface area contributed by atoms with E-state index in [9.17, 15) is 4.79 Å². The van der Waals surface area contributed by atoms with Crippen LogP contribution < -0.4 is 0 Å². The molecule has 0 aliphatic rings. The van der Waals surface area contributed by atoms with E-state index in [0.29, 0.717) is 18.8 Å². The summed E-state index contributed by atoms with van der Waals surface area (Å²) in [6.07, 6.45) is 9.16. The van der Waals surface area contributed by atoms with Crippen molar-refractivity contribution in [3.05, 3.63) is 0 Å². The highest BCUT2D eigenvalue weighted by atomic mass is 32.1. The molecule has 0 aliphatic carbocycles. The van der Waals surface area contributed by atoms with Gasteiger partial charge in [0.15, 0.2) is 0 Å². The molecule has 2 nitrogen and oxygen atoms in total. The molecular formula is C12H23O2S. The smallest absolute Gasteiger partial charge is 0.305 e. The summed E-state index contributed by atoms with van der Waals surface area (Å²) in [5.74, 6) is 0.413. The molecule has 0 aromatic heterocycles. The predicted molar refractivity (Wildman–Crippen MR) is 66.0 cm³/mol. The topological polar surface area (TPSA) is 26.3 Å². The summed E-state index contributed by atoms with van der Waals surface area (Å²) in [5, 5.41) is 0.